The highest BCUT2D eigenvalue weighted by Crippen LogP contribution is 2.70. The standard InChI is InChI=1S/C39H62O14/c1-17-7-10-39(48-16-17)24(14-40)28-25(53-39)12-23-21-6-5-19-11-20(8-9-37(19,3)22(21)13-27(42)38(23,28)4)50-36-34(32(46)30(44)26(15-41)51-36)52-35-33(47)31(45)29(43)18(2)49-35/h5,17-18,20-36,40-47H,6-16H2,1-4H3/t17-,18-,20-,21+,22-,23-,24-,25-,26+,27+,28-,29-,30+,31+,32-,33+,34+,35-,36+,37-,38+,39+/m0/s1. The van der Waals surface area contributed by atoms with Crippen molar-refractivity contribution in [3.8, 4) is 0 Å². The maximum atomic E-state index is 12.2. The van der Waals surface area contributed by atoms with Gasteiger partial charge in [0, 0.05) is 23.7 Å². The SMILES string of the molecule is C[C@H]1CC[C@@]2(OC1)O[C@H]1C[C@H]3[C@@H]4CC=C5C[C@@H](O[C@@H]6O[C@H](CO)[C@@H](O)[C@H](O)[C@H]6O[C@@H]6O[C@@H](C)[C@H](O)[C@@H](O)[C@H]6O)CC[C@]5(C)[C@H]4C[C@@H](O)[C@]3(C)[C@H]1[C@@H]2CO. The monoisotopic (exact) mass is 754 g/mol. The highest BCUT2D eigenvalue weighted by atomic mass is 16.8. The highest BCUT2D eigenvalue weighted by molar-refractivity contribution is 5.27. The molecule has 4 aliphatic carbocycles. The van der Waals surface area contributed by atoms with Gasteiger partial charge in [0.25, 0.3) is 0 Å². The van der Waals surface area contributed by atoms with Crippen LogP contribution in [0.5, 0.6) is 0 Å². The first-order chi connectivity index (χ1) is 25.2. The molecule has 7 fully saturated rings. The van der Waals surface area contributed by atoms with Gasteiger partial charge in [0.15, 0.2) is 18.4 Å². The molecular formula is C39H62O14. The Labute approximate surface area is 311 Å². The average molecular weight is 755 g/mol. The van der Waals surface area contributed by atoms with Gasteiger partial charge in [-0.3, -0.25) is 0 Å². The van der Waals surface area contributed by atoms with E-state index in [4.69, 9.17) is 28.4 Å². The van der Waals surface area contributed by atoms with Crippen LogP contribution in [0.1, 0.15) is 79.1 Å². The summed E-state index contributed by atoms with van der Waals surface area (Å²) in [5.74, 6) is 0.365. The van der Waals surface area contributed by atoms with Gasteiger partial charge in [-0.05, 0) is 81.0 Å². The normalized spacial score (nSPS) is 58.0. The van der Waals surface area contributed by atoms with Crippen LogP contribution < -0.4 is 0 Å². The summed E-state index contributed by atoms with van der Waals surface area (Å²) in [5.41, 5.74) is 0.673. The lowest BCUT2D eigenvalue weighted by Gasteiger charge is -2.60. The molecule has 8 aliphatic rings. The molecule has 53 heavy (non-hydrogen) atoms. The molecule has 14 heteroatoms. The van der Waals surface area contributed by atoms with Gasteiger partial charge in [0.05, 0.1) is 44.2 Å². The van der Waals surface area contributed by atoms with Crippen molar-refractivity contribution < 1.29 is 69.3 Å². The number of ether oxygens (including phenoxy) is 6. The third kappa shape index (κ3) is 6.04. The predicted octanol–water partition coefficient (Wildman–Crippen LogP) is 0.333. The van der Waals surface area contributed by atoms with Gasteiger partial charge < -0.3 is 69.3 Å². The lowest BCUT2D eigenvalue weighted by Crippen LogP contribution is -2.64. The van der Waals surface area contributed by atoms with Gasteiger partial charge in [-0.15, -0.1) is 0 Å². The minimum Gasteiger partial charge on any atom is -0.396 e. The fourth-order valence-electron chi connectivity index (χ4n) is 12.5. The van der Waals surface area contributed by atoms with E-state index in [1.807, 2.05) is 0 Å². The summed E-state index contributed by atoms with van der Waals surface area (Å²) in [6, 6.07) is 0. The van der Waals surface area contributed by atoms with E-state index in [1.54, 1.807) is 0 Å². The largest absolute Gasteiger partial charge is 0.396 e. The van der Waals surface area contributed by atoms with E-state index in [9.17, 15) is 40.9 Å². The van der Waals surface area contributed by atoms with Gasteiger partial charge in [0.2, 0.25) is 0 Å². The van der Waals surface area contributed by atoms with E-state index in [-0.39, 0.29) is 47.9 Å². The van der Waals surface area contributed by atoms with Crippen molar-refractivity contribution in [3.05, 3.63) is 11.6 Å². The van der Waals surface area contributed by atoms with E-state index < -0.39 is 85.3 Å². The van der Waals surface area contributed by atoms with Crippen molar-refractivity contribution in [2.24, 2.45) is 46.3 Å². The maximum absolute atomic E-state index is 12.2. The Balaban J connectivity index is 0.986. The zero-order valence-electron chi connectivity index (χ0n) is 31.4. The Bertz CT molecular complexity index is 1360. The average Bonchev–Trinajstić information content (AvgIpc) is 3.61. The van der Waals surface area contributed by atoms with Crippen LogP contribution >= 0.6 is 0 Å². The minimum atomic E-state index is -1.64. The Morgan fingerprint density at radius 3 is 2.28 bits per heavy atom. The highest BCUT2D eigenvalue weighted by Gasteiger charge is 2.72. The number of aliphatic hydroxyl groups is 8. The van der Waals surface area contributed by atoms with Crippen LogP contribution in [0.4, 0.5) is 0 Å². The Morgan fingerprint density at radius 2 is 1.58 bits per heavy atom. The zero-order chi connectivity index (χ0) is 37.8. The quantitative estimate of drug-likeness (QED) is 0.172. The van der Waals surface area contributed by atoms with Crippen LogP contribution in [0.25, 0.3) is 0 Å². The molecule has 8 N–H and O–H groups in total. The van der Waals surface area contributed by atoms with E-state index in [2.05, 4.69) is 26.8 Å². The third-order valence-corrected chi connectivity index (χ3v) is 15.6. The van der Waals surface area contributed by atoms with Gasteiger partial charge in [-0.2, -0.15) is 0 Å². The molecule has 0 unspecified atom stereocenters. The molecule has 3 saturated carbocycles. The van der Waals surface area contributed by atoms with E-state index in [0.29, 0.717) is 37.7 Å². The summed E-state index contributed by atoms with van der Waals surface area (Å²) in [7, 11) is 0. The summed E-state index contributed by atoms with van der Waals surface area (Å²) in [4.78, 5) is 0. The molecule has 8 rings (SSSR count). The Kier molecular flexibility index (Phi) is 10.5. The zero-order valence-corrected chi connectivity index (χ0v) is 31.4. The lowest BCUT2D eigenvalue weighted by atomic mass is 9.46. The number of rotatable bonds is 6. The van der Waals surface area contributed by atoms with Gasteiger partial charge >= 0.3 is 0 Å². The summed E-state index contributed by atoms with van der Waals surface area (Å²) in [5, 5.41) is 85.9. The van der Waals surface area contributed by atoms with Crippen molar-refractivity contribution in [2.75, 3.05) is 19.8 Å². The molecule has 22 atom stereocenters. The van der Waals surface area contributed by atoms with Crippen LogP contribution in [0, 0.1) is 46.3 Å². The molecule has 4 heterocycles. The van der Waals surface area contributed by atoms with Crippen molar-refractivity contribution >= 4 is 0 Å². The topological polar surface area (TPSA) is 217 Å². The predicted molar refractivity (Wildman–Crippen MR) is 184 cm³/mol. The van der Waals surface area contributed by atoms with Crippen LogP contribution in [0.2, 0.25) is 0 Å². The van der Waals surface area contributed by atoms with E-state index in [1.165, 1.54) is 12.5 Å². The molecule has 1 spiro atoms. The fraction of sp³-hybridized carbons (Fsp3) is 0.949. The first kappa shape index (κ1) is 39.0. The number of hydrogen-bond donors (Lipinski definition) is 8. The van der Waals surface area contributed by atoms with Crippen molar-refractivity contribution in [1.29, 1.82) is 0 Å². The van der Waals surface area contributed by atoms with Crippen molar-refractivity contribution in [2.45, 2.75) is 165 Å². The minimum absolute atomic E-state index is 0.0168. The number of fused-ring (bicyclic) bond motifs is 7. The van der Waals surface area contributed by atoms with Crippen molar-refractivity contribution in [3.63, 3.8) is 0 Å². The molecule has 0 amide bonds. The molecular weight excluding hydrogens is 692 g/mol. The van der Waals surface area contributed by atoms with Gasteiger partial charge in [-0.25, -0.2) is 0 Å². The number of allylic oxidation sites excluding steroid dienone is 1. The van der Waals surface area contributed by atoms with Crippen LogP contribution in [0.15, 0.2) is 11.6 Å². The second-order valence-corrected chi connectivity index (χ2v) is 18.3. The second kappa shape index (κ2) is 14.2. The van der Waals surface area contributed by atoms with Crippen LogP contribution in [-0.2, 0) is 28.4 Å². The summed E-state index contributed by atoms with van der Waals surface area (Å²) >= 11 is 0. The number of aliphatic hydroxyl groups excluding tert-OH is 8. The smallest absolute Gasteiger partial charge is 0.187 e. The summed E-state index contributed by atoms with van der Waals surface area (Å²) in [6.07, 6.45) is -6.21. The van der Waals surface area contributed by atoms with Crippen LogP contribution in [-0.4, -0.2) is 146 Å². The maximum Gasteiger partial charge on any atom is 0.187 e. The molecule has 0 radical (unpaired) electrons. The van der Waals surface area contributed by atoms with E-state index >= 15 is 0 Å². The first-order valence-electron chi connectivity index (χ1n) is 20.1. The second-order valence-electron chi connectivity index (χ2n) is 18.3. The Morgan fingerprint density at radius 1 is 0.811 bits per heavy atom. The molecule has 0 aromatic rings. The van der Waals surface area contributed by atoms with Crippen molar-refractivity contribution in [1.82, 2.24) is 0 Å². The molecule has 302 valence electrons. The lowest BCUT2D eigenvalue weighted by molar-refractivity contribution is -0.369. The molecule has 0 aromatic heterocycles. The van der Waals surface area contributed by atoms with Gasteiger partial charge in [0.1, 0.15) is 42.7 Å². The molecule has 4 saturated heterocycles. The fourth-order valence-corrected chi connectivity index (χ4v) is 12.5. The summed E-state index contributed by atoms with van der Waals surface area (Å²) < 4.78 is 37.3. The molecule has 4 aliphatic heterocycles. The van der Waals surface area contributed by atoms with Crippen LogP contribution in [0.3, 0.4) is 0 Å². The Hall–Kier alpha value is -0.820. The summed E-state index contributed by atoms with van der Waals surface area (Å²) in [6.45, 7) is 8.27. The molecule has 0 bridgehead atoms. The molecule has 14 nitrogen and oxygen atoms in total. The molecule has 0 aromatic carbocycles. The number of hydrogen-bond acceptors (Lipinski definition) is 14. The first-order valence-corrected chi connectivity index (χ1v) is 20.1. The third-order valence-electron chi connectivity index (χ3n) is 15.6. The van der Waals surface area contributed by atoms with Gasteiger partial charge in [-0.1, -0.05) is 32.4 Å². The van der Waals surface area contributed by atoms with E-state index in [0.717, 1.165) is 32.1 Å².